The van der Waals surface area contributed by atoms with Crippen LogP contribution in [0.25, 0.3) is 0 Å². The predicted molar refractivity (Wildman–Crippen MR) is 67.8 cm³/mol. The minimum atomic E-state index is -1.18. The first-order valence-electron chi connectivity index (χ1n) is 5.81. The van der Waals surface area contributed by atoms with Crippen molar-refractivity contribution in [3.05, 3.63) is 69.5 Å². The van der Waals surface area contributed by atoms with Crippen LogP contribution in [0.1, 0.15) is 11.3 Å². The van der Waals surface area contributed by atoms with Crippen molar-refractivity contribution in [1.82, 2.24) is 10.3 Å². The van der Waals surface area contributed by atoms with Crippen molar-refractivity contribution >= 4 is 5.69 Å². The lowest BCUT2D eigenvalue weighted by Gasteiger charge is -2.06. The van der Waals surface area contributed by atoms with E-state index in [-0.39, 0.29) is 12.1 Å². The Labute approximate surface area is 113 Å². The molecule has 0 aliphatic heterocycles. The summed E-state index contributed by atoms with van der Waals surface area (Å²) < 4.78 is 26.7. The van der Waals surface area contributed by atoms with E-state index in [0.717, 1.165) is 11.8 Å². The molecule has 2 rings (SSSR count). The monoisotopic (exact) mass is 279 g/mol. The highest BCUT2D eigenvalue weighted by Gasteiger charge is 2.18. The third-order valence-corrected chi connectivity index (χ3v) is 2.66. The highest BCUT2D eigenvalue weighted by molar-refractivity contribution is 5.37. The van der Waals surface area contributed by atoms with Crippen LogP contribution >= 0.6 is 0 Å². The van der Waals surface area contributed by atoms with Crippen molar-refractivity contribution in [3.63, 3.8) is 0 Å². The fraction of sp³-hybridized carbons (Fsp3) is 0.154. The van der Waals surface area contributed by atoms with Crippen LogP contribution < -0.4 is 5.32 Å². The molecule has 5 nitrogen and oxygen atoms in total. The van der Waals surface area contributed by atoms with E-state index < -0.39 is 22.2 Å². The summed E-state index contributed by atoms with van der Waals surface area (Å²) in [6.07, 6.45) is 1.63. The second kappa shape index (κ2) is 6.16. The van der Waals surface area contributed by atoms with Crippen LogP contribution in [0.2, 0.25) is 0 Å². The number of benzene rings is 1. The van der Waals surface area contributed by atoms with Crippen LogP contribution in [0, 0.1) is 21.7 Å². The van der Waals surface area contributed by atoms with Gasteiger partial charge in [-0.1, -0.05) is 6.07 Å². The highest BCUT2D eigenvalue weighted by atomic mass is 19.1. The van der Waals surface area contributed by atoms with Gasteiger partial charge in [0.1, 0.15) is 5.82 Å². The van der Waals surface area contributed by atoms with E-state index in [2.05, 4.69) is 10.3 Å². The summed E-state index contributed by atoms with van der Waals surface area (Å²) >= 11 is 0. The van der Waals surface area contributed by atoms with Gasteiger partial charge in [0.25, 0.3) is 0 Å². The number of hydrogen-bond acceptors (Lipinski definition) is 4. The number of pyridine rings is 1. The summed E-state index contributed by atoms with van der Waals surface area (Å²) in [4.78, 5) is 13.8. The molecule has 0 fully saturated rings. The van der Waals surface area contributed by atoms with E-state index >= 15 is 0 Å². The summed E-state index contributed by atoms with van der Waals surface area (Å²) in [7, 11) is 0. The summed E-state index contributed by atoms with van der Waals surface area (Å²) in [5.41, 5.74) is 0.0552. The van der Waals surface area contributed by atoms with Gasteiger partial charge in [0.2, 0.25) is 5.82 Å². The van der Waals surface area contributed by atoms with Gasteiger partial charge in [-0.05, 0) is 12.1 Å². The SMILES string of the molecule is O=[N+]([O-])c1cc(CNCc2ccccn2)c(F)cc1F. The molecular weight excluding hydrogens is 268 g/mol. The fourth-order valence-electron chi connectivity index (χ4n) is 1.68. The molecule has 104 valence electrons. The molecule has 0 radical (unpaired) electrons. The van der Waals surface area contributed by atoms with Gasteiger partial charge in [0.05, 0.1) is 10.6 Å². The Hall–Kier alpha value is -2.41. The maximum atomic E-state index is 13.5. The van der Waals surface area contributed by atoms with Crippen molar-refractivity contribution in [2.75, 3.05) is 0 Å². The standard InChI is InChI=1S/C13H11F2N3O2/c14-11-6-12(15)13(18(19)20)5-9(11)7-16-8-10-3-1-2-4-17-10/h1-6,16H,7-8H2. The Morgan fingerprint density at radius 1 is 1.20 bits per heavy atom. The number of halogens is 2. The van der Waals surface area contributed by atoms with E-state index in [1.54, 1.807) is 18.3 Å². The van der Waals surface area contributed by atoms with Gasteiger partial charge < -0.3 is 5.32 Å². The molecule has 0 spiro atoms. The maximum absolute atomic E-state index is 13.5. The minimum Gasteiger partial charge on any atom is -0.307 e. The summed E-state index contributed by atoms with van der Waals surface area (Å²) in [6.45, 7) is 0.426. The van der Waals surface area contributed by atoms with Crippen LogP contribution in [-0.4, -0.2) is 9.91 Å². The van der Waals surface area contributed by atoms with Gasteiger partial charge in [-0.3, -0.25) is 15.1 Å². The van der Waals surface area contributed by atoms with Crippen LogP contribution in [-0.2, 0) is 13.1 Å². The van der Waals surface area contributed by atoms with E-state index in [0.29, 0.717) is 12.6 Å². The summed E-state index contributed by atoms with van der Waals surface area (Å²) in [5, 5.41) is 13.5. The van der Waals surface area contributed by atoms with Crippen molar-refractivity contribution in [3.8, 4) is 0 Å². The average Bonchev–Trinajstić information content (AvgIpc) is 2.42. The number of nitro groups is 1. The first-order valence-corrected chi connectivity index (χ1v) is 5.81. The molecule has 1 aromatic carbocycles. The van der Waals surface area contributed by atoms with E-state index in [1.807, 2.05) is 6.07 Å². The third-order valence-electron chi connectivity index (χ3n) is 2.66. The van der Waals surface area contributed by atoms with E-state index in [9.17, 15) is 18.9 Å². The normalized spacial score (nSPS) is 10.5. The first-order chi connectivity index (χ1) is 9.58. The van der Waals surface area contributed by atoms with E-state index in [4.69, 9.17) is 0 Å². The van der Waals surface area contributed by atoms with Crippen LogP contribution in [0.3, 0.4) is 0 Å². The van der Waals surface area contributed by atoms with Gasteiger partial charge in [-0.2, -0.15) is 4.39 Å². The average molecular weight is 279 g/mol. The molecule has 1 N–H and O–H groups in total. The highest BCUT2D eigenvalue weighted by Crippen LogP contribution is 2.21. The van der Waals surface area contributed by atoms with Crippen LogP contribution in [0.5, 0.6) is 0 Å². The molecule has 0 unspecified atom stereocenters. The molecule has 0 aliphatic rings. The number of rotatable bonds is 5. The Morgan fingerprint density at radius 3 is 2.65 bits per heavy atom. The van der Waals surface area contributed by atoms with Crippen molar-refractivity contribution in [1.29, 1.82) is 0 Å². The van der Waals surface area contributed by atoms with Crippen molar-refractivity contribution < 1.29 is 13.7 Å². The van der Waals surface area contributed by atoms with Gasteiger partial charge in [-0.15, -0.1) is 0 Å². The van der Waals surface area contributed by atoms with Gasteiger partial charge in [-0.25, -0.2) is 4.39 Å². The molecule has 0 amide bonds. The number of nitrogens with one attached hydrogen (secondary N) is 1. The molecular formula is C13H11F2N3O2. The molecule has 0 bridgehead atoms. The lowest BCUT2D eigenvalue weighted by molar-refractivity contribution is -0.387. The maximum Gasteiger partial charge on any atom is 0.305 e. The zero-order chi connectivity index (χ0) is 14.5. The molecule has 0 saturated heterocycles. The zero-order valence-electron chi connectivity index (χ0n) is 10.3. The lowest BCUT2D eigenvalue weighted by atomic mass is 10.1. The van der Waals surface area contributed by atoms with Crippen molar-refractivity contribution in [2.24, 2.45) is 0 Å². The quantitative estimate of drug-likeness (QED) is 0.674. The topological polar surface area (TPSA) is 68.1 Å². The van der Waals surface area contributed by atoms with E-state index in [1.165, 1.54) is 0 Å². The largest absolute Gasteiger partial charge is 0.307 e. The number of hydrogen-bond donors (Lipinski definition) is 1. The number of nitro benzene ring substituents is 1. The molecule has 1 aromatic heterocycles. The van der Waals surface area contributed by atoms with Gasteiger partial charge in [0.15, 0.2) is 0 Å². The Kier molecular flexibility index (Phi) is 4.31. The van der Waals surface area contributed by atoms with Crippen molar-refractivity contribution in [2.45, 2.75) is 13.1 Å². The first kappa shape index (κ1) is 14.0. The molecule has 7 heteroatoms. The molecule has 1 heterocycles. The Balaban J connectivity index is 2.06. The predicted octanol–water partition coefficient (Wildman–Crippen LogP) is 2.56. The smallest absolute Gasteiger partial charge is 0.305 e. The minimum absolute atomic E-state index is 0.0361. The summed E-state index contributed by atoms with van der Waals surface area (Å²) in [6, 6.07) is 6.79. The Bertz CT molecular complexity index is 621. The second-order valence-electron chi connectivity index (χ2n) is 4.08. The molecule has 0 aliphatic carbocycles. The summed E-state index contributed by atoms with van der Waals surface area (Å²) in [5.74, 6) is -2.00. The lowest BCUT2D eigenvalue weighted by Crippen LogP contribution is -2.15. The number of nitrogens with zero attached hydrogens (tertiary/aromatic N) is 2. The third kappa shape index (κ3) is 3.33. The zero-order valence-corrected chi connectivity index (χ0v) is 10.3. The Morgan fingerprint density at radius 2 is 2.00 bits per heavy atom. The second-order valence-corrected chi connectivity index (χ2v) is 4.08. The molecule has 0 atom stereocenters. The molecule has 0 saturated carbocycles. The number of aromatic nitrogens is 1. The molecule has 2 aromatic rings. The van der Waals surface area contributed by atoms with Gasteiger partial charge >= 0.3 is 5.69 Å². The fourth-order valence-corrected chi connectivity index (χ4v) is 1.68. The van der Waals surface area contributed by atoms with Crippen LogP contribution in [0.4, 0.5) is 14.5 Å². The van der Waals surface area contributed by atoms with Gasteiger partial charge in [0, 0.05) is 37.0 Å². The molecule has 20 heavy (non-hydrogen) atoms. The van der Waals surface area contributed by atoms with Crippen LogP contribution in [0.15, 0.2) is 36.5 Å².